The summed E-state index contributed by atoms with van der Waals surface area (Å²) < 4.78 is 0. The van der Waals surface area contributed by atoms with Crippen LogP contribution in [0.3, 0.4) is 0 Å². The number of hydrogen-bond donors (Lipinski definition) is 1. The fraction of sp³-hybridized carbons (Fsp3) is 0.378. The first-order valence-corrected chi connectivity index (χ1v) is 15.2. The number of Topliss-reactive ketones (excluding diaryl/α,β-unsaturated/α-hetero) is 1. The van der Waals surface area contributed by atoms with Gasteiger partial charge in [-0.25, -0.2) is 0 Å². The Morgan fingerprint density at radius 3 is 1.98 bits per heavy atom. The monoisotopic (exact) mass is 572 g/mol. The second-order valence-corrected chi connectivity index (χ2v) is 11.2. The average Bonchev–Trinajstić information content (AvgIpc) is 2.97. The van der Waals surface area contributed by atoms with E-state index in [4.69, 9.17) is 11.6 Å². The van der Waals surface area contributed by atoms with Gasteiger partial charge in [-0.05, 0) is 107 Å². The van der Waals surface area contributed by atoms with Crippen molar-refractivity contribution in [1.82, 2.24) is 0 Å². The summed E-state index contributed by atoms with van der Waals surface area (Å²) in [6.45, 7) is 26.2. The summed E-state index contributed by atoms with van der Waals surface area (Å²) in [6.07, 6.45) is 12.6. The molecule has 1 N–H and O–H groups in total. The number of benzene rings is 2. The summed E-state index contributed by atoms with van der Waals surface area (Å²) in [5.41, 5.74) is 8.55. The zero-order chi connectivity index (χ0) is 30.5. The topological polar surface area (TPSA) is 32.3 Å². The van der Waals surface area contributed by atoms with Crippen LogP contribution in [0.5, 0.6) is 0 Å². The molecule has 0 aromatic heterocycles. The molecule has 0 spiro atoms. The van der Waals surface area contributed by atoms with Gasteiger partial charge in [-0.3, -0.25) is 0 Å². The van der Waals surface area contributed by atoms with Crippen molar-refractivity contribution < 1.29 is 4.79 Å². The van der Waals surface area contributed by atoms with Crippen molar-refractivity contribution in [3.63, 3.8) is 0 Å². The van der Waals surface area contributed by atoms with Crippen LogP contribution in [0.25, 0.3) is 17.7 Å². The lowest BCUT2D eigenvalue weighted by molar-refractivity contribution is -0.114. The highest BCUT2D eigenvalue weighted by Crippen LogP contribution is 2.39. The first-order chi connectivity index (χ1) is 19.6. The normalized spacial score (nSPS) is 17.4. The highest BCUT2D eigenvalue weighted by atomic mass is 35.5. The summed E-state index contributed by atoms with van der Waals surface area (Å²) in [5, 5.41) is 4.49. The molecule has 1 aliphatic carbocycles. The van der Waals surface area contributed by atoms with E-state index < -0.39 is 0 Å². The van der Waals surface area contributed by atoms with Crippen molar-refractivity contribution >= 4 is 46.5 Å². The third kappa shape index (κ3) is 9.10. The lowest BCUT2D eigenvalue weighted by Crippen LogP contribution is -2.25. The molecule has 41 heavy (non-hydrogen) atoms. The van der Waals surface area contributed by atoms with Gasteiger partial charge in [-0.1, -0.05) is 80.8 Å². The Labute approximate surface area is 254 Å². The minimum Gasteiger partial charge on any atom is -0.382 e. The molecule has 0 unspecified atom stereocenters. The lowest BCUT2D eigenvalue weighted by atomic mass is 9.85. The third-order valence-corrected chi connectivity index (χ3v) is 8.03. The third-order valence-electron chi connectivity index (χ3n) is 7.61. The van der Waals surface area contributed by atoms with Crippen molar-refractivity contribution in [2.45, 2.75) is 73.3 Å². The van der Waals surface area contributed by atoms with Crippen LogP contribution < -0.4 is 10.2 Å². The van der Waals surface area contributed by atoms with Crippen LogP contribution in [-0.4, -0.2) is 24.9 Å². The molecule has 1 saturated carbocycles. The van der Waals surface area contributed by atoms with Crippen LogP contribution in [0.15, 0.2) is 78.9 Å². The van der Waals surface area contributed by atoms with Crippen LogP contribution in [0.4, 0.5) is 11.4 Å². The Morgan fingerprint density at radius 1 is 0.951 bits per heavy atom. The number of anilines is 2. The van der Waals surface area contributed by atoms with Crippen molar-refractivity contribution in [2.75, 3.05) is 23.3 Å². The van der Waals surface area contributed by atoms with Crippen LogP contribution >= 0.6 is 11.6 Å². The van der Waals surface area contributed by atoms with Gasteiger partial charge in [0.15, 0.2) is 0 Å². The molecule has 0 saturated heterocycles. The van der Waals surface area contributed by atoms with Gasteiger partial charge in [-0.2, -0.15) is 0 Å². The molecular formula is C37H49ClN2O. The molecule has 0 bridgehead atoms. The van der Waals surface area contributed by atoms with E-state index in [2.05, 4.69) is 87.1 Å². The average molecular weight is 573 g/mol. The number of nitrogens with zero attached hydrogens (tertiary/aromatic N) is 1. The number of rotatable bonds is 11. The fourth-order valence-corrected chi connectivity index (χ4v) is 5.57. The number of carbonyl (C=O) groups is 1. The molecule has 3 rings (SSSR count). The maximum absolute atomic E-state index is 9.44. The molecule has 220 valence electrons. The van der Waals surface area contributed by atoms with Crippen molar-refractivity contribution in [3.8, 4) is 0 Å². The Bertz CT molecular complexity index is 1250. The van der Waals surface area contributed by atoms with Gasteiger partial charge >= 0.3 is 0 Å². The number of carbonyl (C=O) groups excluding carboxylic acids is 1. The number of allylic oxidation sites excluding steroid dienone is 4. The molecule has 0 heterocycles. The summed E-state index contributed by atoms with van der Waals surface area (Å²) in [4.78, 5) is 11.8. The smallest absolute Gasteiger partial charge is 0.126 e. The van der Waals surface area contributed by atoms with Gasteiger partial charge in [0.25, 0.3) is 0 Å². The maximum atomic E-state index is 9.44. The summed E-state index contributed by atoms with van der Waals surface area (Å²) in [5.74, 6) is 0.984. The van der Waals surface area contributed by atoms with E-state index in [0.29, 0.717) is 11.1 Å². The van der Waals surface area contributed by atoms with Gasteiger partial charge in [0.2, 0.25) is 0 Å². The van der Waals surface area contributed by atoms with E-state index in [1.807, 2.05) is 31.2 Å². The lowest BCUT2D eigenvalue weighted by Gasteiger charge is -2.29. The minimum absolute atomic E-state index is 0.167. The predicted octanol–water partition coefficient (Wildman–Crippen LogP) is 10.5. The van der Waals surface area contributed by atoms with E-state index in [1.54, 1.807) is 0 Å². The largest absolute Gasteiger partial charge is 0.382 e. The molecule has 4 heteroatoms. The summed E-state index contributed by atoms with van der Waals surface area (Å²) >= 11 is 6.76. The Morgan fingerprint density at radius 2 is 1.51 bits per heavy atom. The number of nitrogens with one attached hydrogen (secondary N) is 1. The predicted molar refractivity (Wildman–Crippen MR) is 184 cm³/mol. The van der Waals surface area contributed by atoms with E-state index in [1.165, 1.54) is 45.2 Å². The van der Waals surface area contributed by atoms with Gasteiger partial charge in [0.05, 0.1) is 0 Å². The van der Waals surface area contributed by atoms with Crippen LogP contribution in [0.2, 0.25) is 0 Å². The second-order valence-electron chi connectivity index (χ2n) is 10.8. The van der Waals surface area contributed by atoms with Gasteiger partial charge in [0, 0.05) is 46.7 Å². The molecule has 1 fully saturated rings. The molecule has 2 aromatic rings. The molecular weight excluding hydrogens is 524 g/mol. The van der Waals surface area contributed by atoms with E-state index in [0.717, 1.165) is 58.1 Å². The SMILES string of the molecule is C=CC(/C(Cl)=C\C)=C(/c1ccc(N(CC)CC)cc1)c1ccc(NC2CCC(C)CC2)c(C=C)c1C=C.CC(C)=O. The van der Waals surface area contributed by atoms with Gasteiger partial charge in [0.1, 0.15) is 5.78 Å². The first-order valence-electron chi connectivity index (χ1n) is 14.9. The van der Waals surface area contributed by atoms with Crippen LogP contribution in [0, 0.1) is 5.92 Å². The molecule has 0 radical (unpaired) electrons. The quantitative estimate of drug-likeness (QED) is 0.272. The van der Waals surface area contributed by atoms with Crippen LogP contribution in [-0.2, 0) is 4.79 Å². The number of hydrogen-bond acceptors (Lipinski definition) is 3. The van der Waals surface area contributed by atoms with E-state index in [-0.39, 0.29) is 5.78 Å². The maximum Gasteiger partial charge on any atom is 0.126 e. The zero-order valence-electron chi connectivity index (χ0n) is 26.0. The standard InChI is InChI=1S/C34H43ClN2.C3H6O/c1-8-28-29(9-2)33(36-26-18-14-24(7)15-19-26)23-22-31(28)34(30(10-3)32(35)11-4)25-16-20-27(21-17-25)37(12-5)13-6;1-3(2)4/h8-11,16-17,20-24,26,36H,1-3,12-15,18-19H2,4-7H3;1-2H3/b32-11+,34-30+;. The van der Waals surface area contributed by atoms with Gasteiger partial charge in [-0.15, -0.1) is 0 Å². The Balaban J connectivity index is 0.00000138. The van der Waals surface area contributed by atoms with Crippen LogP contribution in [0.1, 0.15) is 89.5 Å². The molecule has 1 aliphatic rings. The zero-order valence-corrected chi connectivity index (χ0v) is 26.8. The van der Waals surface area contributed by atoms with Crippen molar-refractivity contribution in [3.05, 3.63) is 101 Å². The fourth-order valence-electron chi connectivity index (χ4n) is 5.40. The molecule has 0 atom stereocenters. The first kappa shape index (κ1) is 33.9. The highest BCUT2D eigenvalue weighted by Gasteiger charge is 2.22. The summed E-state index contributed by atoms with van der Waals surface area (Å²) in [6, 6.07) is 13.6. The summed E-state index contributed by atoms with van der Waals surface area (Å²) in [7, 11) is 0. The van der Waals surface area contributed by atoms with Crippen molar-refractivity contribution in [2.24, 2.45) is 5.92 Å². The highest BCUT2D eigenvalue weighted by molar-refractivity contribution is 6.33. The minimum atomic E-state index is 0.167. The Hall–Kier alpha value is -3.30. The van der Waals surface area contributed by atoms with E-state index in [9.17, 15) is 4.79 Å². The van der Waals surface area contributed by atoms with Gasteiger partial charge < -0.3 is 15.0 Å². The number of halogens is 1. The van der Waals surface area contributed by atoms with E-state index >= 15 is 0 Å². The molecule has 3 nitrogen and oxygen atoms in total. The molecule has 2 aromatic carbocycles. The molecule has 0 aliphatic heterocycles. The Kier molecular flexibility index (Phi) is 13.9. The van der Waals surface area contributed by atoms with Crippen molar-refractivity contribution in [1.29, 1.82) is 0 Å². The second kappa shape index (κ2) is 16.8. The number of ketones is 1. The molecule has 0 amide bonds.